The molecule has 1 atom stereocenters. The Kier molecular flexibility index (Phi) is 7.80. The van der Waals surface area contributed by atoms with Crippen LogP contribution in [0.5, 0.6) is 5.75 Å². The van der Waals surface area contributed by atoms with Crippen LogP contribution in [0.2, 0.25) is 0 Å². The largest absolute Gasteiger partial charge is 0.493 e. The quantitative estimate of drug-likeness (QED) is 0.417. The van der Waals surface area contributed by atoms with E-state index in [0.29, 0.717) is 45.6 Å². The van der Waals surface area contributed by atoms with Gasteiger partial charge in [0.05, 0.1) is 22.8 Å². The summed E-state index contributed by atoms with van der Waals surface area (Å²) in [5.41, 5.74) is 2.21. The van der Waals surface area contributed by atoms with Crippen LogP contribution in [0, 0.1) is 5.92 Å². The van der Waals surface area contributed by atoms with E-state index in [1.807, 2.05) is 29.4 Å². The molecule has 1 aliphatic rings. The van der Waals surface area contributed by atoms with E-state index in [0.717, 1.165) is 51.1 Å². The predicted octanol–water partition coefficient (Wildman–Crippen LogP) is 3.06. The number of hydrogen-bond donors (Lipinski definition) is 1. The summed E-state index contributed by atoms with van der Waals surface area (Å²) in [5.74, 6) is 1.53. The zero-order valence-corrected chi connectivity index (χ0v) is 21.1. The molecule has 9 nitrogen and oxygen atoms in total. The average Bonchev–Trinajstić information content (AvgIpc) is 3.11. The standard InChI is InChI=1S/C24H33N5O4S/c1-5-8-19-21-22(28(3)27-19)24(30)26-23(25-21)18-13-17(10-11-20(18)33-6-2)34(31)29-14-16(15-29)9-7-12-32-4/h10-11,13,16H,5-9,12,14-15H2,1-4H3,(H,25,26,30). The van der Waals surface area contributed by atoms with Gasteiger partial charge < -0.3 is 14.5 Å². The van der Waals surface area contributed by atoms with Crippen molar-refractivity contribution in [1.82, 2.24) is 24.1 Å². The Morgan fingerprint density at radius 2 is 2.06 bits per heavy atom. The van der Waals surface area contributed by atoms with Crippen LogP contribution < -0.4 is 10.3 Å². The van der Waals surface area contributed by atoms with E-state index in [4.69, 9.17) is 14.5 Å². The van der Waals surface area contributed by atoms with E-state index in [1.54, 1.807) is 18.8 Å². The van der Waals surface area contributed by atoms with Crippen molar-refractivity contribution in [2.24, 2.45) is 13.0 Å². The smallest absolute Gasteiger partial charge is 0.277 e. The number of nitrogens with zero attached hydrogens (tertiary/aromatic N) is 4. The highest BCUT2D eigenvalue weighted by atomic mass is 32.2. The average molecular weight is 488 g/mol. The number of nitrogens with one attached hydrogen (secondary N) is 1. The predicted molar refractivity (Wildman–Crippen MR) is 132 cm³/mol. The zero-order chi connectivity index (χ0) is 24.2. The summed E-state index contributed by atoms with van der Waals surface area (Å²) in [4.78, 5) is 21.3. The van der Waals surface area contributed by atoms with Crippen molar-refractivity contribution in [3.63, 3.8) is 0 Å². The van der Waals surface area contributed by atoms with Crippen LogP contribution in [0.4, 0.5) is 0 Å². The number of aromatic amines is 1. The molecule has 1 saturated heterocycles. The molecule has 10 heteroatoms. The molecule has 3 heterocycles. The molecule has 2 aromatic heterocycles. The number of methoxy groups -OCH3 is 1. The van der Waals surface area contributed by atoms with Gasteiger partial charge in [-0.3, -0.25) is 9.48 Å². The number of benzene rings is 1. The Bertz CT molecular complexity index is 1230. The van der Waals surface area contributed by atoms with Gasteiger partial charge in [0, 0.05) is 33.9 Å². The maximum atomic E-state index is 13.2. The summed E-state index contributed by atoms with van der Waals surface area (Å²) in [6.07, 6.45) is 3.73. The van der Waals surface area contributed by atoms with E-state index in [9.17, 15) is 9.00 Å². The van der Waals surface area contributed by atoms with Crippen LogP contribution in [0.25, 0.3) is 22.4 Å². The van der Waals surface area contributed by atoms with Crippen LogP contribution in [0.1, 0.15) is 38.8 Å². The number of rotatable bonds is 11. The minimum atomic E-state index is -1.29. The molecule has 0 radical (unpaired) electrons. The lowest BCUT2D eigenvalue weighted by atomic mass is 9.98. The highest BCUT2D eigenvalue weighted by molar-refractivity contribution is 7.82. The van der Waals surface area contributed by atoms with Gasteiger partial charge in [0.1, 0.15) is 28.1 Å². The van der Waals surface area contributed by atoms with Gasteiger partial charge in [0.2, 0.25) is 0 Å². The Labute approximate surface area is 202 Å². The van der Waals surface area contributed by atoms with Gasteiger partial charge in [-0.2, -0.15) is 5.10 Å². The number of aryl methyl sites for hydroxylation is 2. The van der Waals surface area contributed by atoms with Crippen LogP contribution >= 0.6 is 0 Å². The molecule has 1 N–H and O–H groups in total. The summed E-state index contributed by atoms with van der Waals surface area (Å²) >= 11 is 0. The number of ether oxygens (including phenoxy) is 2. The number of H-pyrrole nitrogens is 1. The number of hydrogen-bond acceptors (Lipinski definition) is 6. The summed E-state index contributed by atoms with van der Waals surface area (Å²) in [5, 5.41) is 4.50. The first-order valence-electron chi connectivity index (χ1n) is 11.9. The fourth-order valence-corrected chi connectivity index (χ4v) is 5.76. The molecule has 1 aromatic carbocycles. The third-order valence-corrected chi connectivity index (χ3v) is 7.50. The Morgan fingerprint density at radius 3 is 2.76 bits per heavy atom. The van der Waals surface area contributed by atoms with Crippen molar-refractivity contribution in [2.75, 3.05) is 33.4 Å². The van der Waals surface area contributed by atoms with Gasteiger partial charge in [0.25, 0.3) is 5.56 Å². The molecule has 1 fully saturated rings. The van der Waals surface area contributed by atoms with E-state index in [1.165, 1.54) is 0 Å². The second-order valence-electron chi connectivity index (χ2n) is 8.62. The van der Waals surface area contributed by atoms with Crippen molar-refractivity contribution in [2.45, 2.75) is 44.4 Å². The molecule has 4 rings (SSSR count). The molecule has 0 aliphatic carbocycles. The monoisotopic (exact) mass is 487 g/mol. The van der Waals surface area contributed by atoms with Gasteiger partial charge in [-0.1, -0.05) is 13.3 Å². The lowest BCUT2D eigenvalue weighted by molar-refractivity contribution is 0.155. The van der Waals surface area contributed by atoms with E-state index >= 15 is 0 Å². The van der Waals surface area contributed by atoms with E-state index < -0.39 is 11.0 Å². The summed E-state index contributed by atoms with van der Waals surface area (Å²) in [6, 6.07) is 5.45. The molecule has 0 spiro atoms. The Morgan fingerprint density at radius 1 is 1.26 bits per heavy atom. The molecule has 34 heavy (non-hydrogen) atoms. The molecule has 3 aromatic rings. The van der Waals surface area contributed by atoms with E-state index in [-0.39, 0.29) is 5.56 Å². The van der Waals surface area contributed by atoms with Crippen molar-refractivity contribution in [3.05, 3.63) is 34.2 Å². The van der Waals surface area contributed by atoms with Crippen molar-refractivity contribution < 1.29 is 13.7 Å². The first-order valence-corrected chi connectivity index (χ1v) is 13.0. The molecule has 0 amide bonds. The maximum absolute atomic E-state index is 13.2. The topological polar surface area (TPSA) is 102 Å². The normalized spacial score (nSPS) is 15.5. The van der Waals surface area contributed by atoms with Crippen molar-refractivity contribution in [3.8, 4) is 17.1 Å². The first kappa shape index (κ1) is 24.6. The van der Waals surface area contributed by atoms with Crippen molar-refractivity contribution in [1.29, 1.82) is 0 Å². The van der Waals surface area contributed by atoms with Crippen LogP contribution in [0.3, 0.4) is 0 Å². The van der Waals surface area contributed by atoms with E-state index in [2.05, 4.69) is 17.0 Å². The lowest BCUT2D eigenvalue weighted by Gasteiger charge is -2.38. The summed E-state index contributed by atoms with van der Waals surface area (Å²) in [6.45, 7) is 6.80. The molecule has 1 unspecified atom stereocenters. The minimum Gasteiger partial charge on any atom is -0.493 e. The van der Waals surface area contributed by atoms with Gasteiger partial charge in [-0.15, -0.1) is 0 Å². The summed E-state index contributed by atoms with van der Waals surface area (Å²) < 4.78 is 27.7. The van der Waals surface area contributed by atoms with Crippen LogP contribution in [0.15, 0.2) is 27.9 Å². The van der Waals surface area contributed by atoms with Crippen LogP contribution in [-0.4, -0.2) is 61.7 Å². The van der Waals surface area contributed by atoms with Crippen molar-refractivity contribution >= 4 is 22.0 Å². The molecular weight excluding hydrogens is 454 g/mol. The fourth-order valence-electron chi connectivity index (χ4n) is 4.37. The molecule has 0 saturated carbocycles. The fraction of sp³-hybridized carbons (Fsp3) is 0.542. The highest BCUT2D eigenvalue weighted by Crippen LogP contribution is 2.33. The second-order valence-corrected chi connectivity index (χ2v) is 10.1. The molecule has 184 valence electrons. The number of fused-ring (bicyclic) bond motifs is 1. The Balaban J connectivity index is 1.66. The van der Waals surface area contributed by atoms with Gasteiger partial charge in [-0.05, 0) is 50.3 Å². The molecular formula is C24H33N5O4S. The minimum absolute atomic E-state index is 0.257. The summed E-state index contributed by atoms with van der Waals surface area (Å²) in [7, 11) is 2.17. The SMILES string of the molecule is CCCc1nn(C)c2c(=O)[nH]c(-c3cc(S(=O)N4CC(CCCOC)C4)ccc3OCC)nc12. The molecule has 0 bridgehead atoms. The third-order valence-electron chi connectivity index (χ3n) is 6.08. The second kappa shape index (κ2) is 10.8. The number of aromatic nitrogens is 4. The lowest BCUT2D eigenvalue weighted by Crippen LogP contribution is -2.47. The first-order chi connectivity index (χ1) is 16.5. The van der Waals surface area contributed by atoms with Gasteiger partial charge in [-0.25, -0.2) is 13.5 Å². The third kappa shape index (κ3) is 4.94. The highest BCUT2D eigenvalue weighted by Gasteiger charge is 2.31. The Hall–Kier alpha value is -2.56. The van der Waals surface area contributed by atoms with Gasteiger partial charge in [0.15, 0.2) is 5.52 Å². The zero-order valence-electron chi connectivity index (χ0n) is 20.3. The molecule has 1 aliphatic heterocycles. The van der Waals surface area contributed by atoms with Crippen LogP contribution in [-0.2, 0) is 29.2 Å². The maximum Gasteiger partial charge on any atom is 0.277 e. The van der Waals surface area contributed by atoms with Gasteiger partial charge >= 0.3 is 0 Å².